The van der Waals surface area contributed by atoms with E-state index in [1.165, 1.54) is 12.3 Å². The number of benzene rings is 1. The minimum atomic E-state index is -2.63. The fourth-order valence-corrected chi connectivity index (χ4v) is 2.89. The van der Waals surface area contributed by atoms with E-state index in [2.05, 4.69) is 4.98 Å². The molecule has 6 heteroatoms. The molecule has 2 heterocycles. The smallest absolute Gasteiger partial charge is 0.280 e. The van der Waals surface area contributed by atoms with E-state index in [0.717, 1.165) is 0 Å². The van der Waals surface area contributed by atoms with Gasteiger partial charge in [0.05, 0.1) is 11.4 Å². The molecule has 1 aromatic carbocycles. The number of hydrogen-bond acceptors (Lipinski definition) is 3. The minimum Gasteiger partial charge on any atom is -0.348 e. The molecule has 3 rings (SSSR count). The van der Waals surface area contributed by atoms with Crippen LogP contribution in [0.4, 0.5) is 18.9 Å². The maximum absolute atomic E-state index is 14.4. The number of alkyl halides is 2. The second-order valence-corrected chi connectivity index (χ2v) is 6.38. The van der Waals surface area contributed by atoms with Gasteiger partial charge in [-0.1, -0.05) is 12.1 Å². The lowest BCUT2D eigenvalue weighted by Crippen LogP contribution is -2.44. The lowest BCUT2D eigenvalue weighted by molar-refractivity contribution is 0.145. The van der Waals surface area contributed by atoms with Crippen LogP contribution in [0.1, 0.15) is 42.7 Å². The highest BCUT2D eigenvalue weighted by molar-refractivity contribution is 6.17. The van der Waals surface area contributed by atoms with Crippen LogP contribution < -0.4 is 4.90 Å². The number of anilines is 1. The zero-order chi connectivity index (χ0) is 17.6. The van der Waals surface area contributed by atoms with E-state index in [0.29, 0.717) is 28.1 Å². The third kappa shape index (κ3) is 2.56. The summed E-state index contributed by atoms with van der Waals surface area (Å²) in [6.07, 6.45) is -1.25. The van der Waals surface area contributed by atoms with E-state index >= 15 is 0 Å². The van der Waals surface area contributed by atoms with Crippen LogP contribution in [-0.4, -0.2) is 23.4 Å². The summed E-state index contributed by atoms with van der Waals surface area (Å²) in [5, 5.41) is 0. The Kier molecular flexibility index (Phi) is 3.86. The molecule has 0 aliphatic carbocycles. The molecule has 24 heavy (non-hydrogen) atoms. The number of aromatic nitrogens is 1. The summed E-state index contributed by atoms with van der Waals surface area (Å²) in [7, 11) is 1.78. The van der Waals surface area contributed by atoms with Crippen molar-refractivity contribution in [2.24, 2.45) is 4.99 Å². The summed E-state index contributed by atoms with van der Waals surface area (Å²) in [6.45, 7) is 5.33. The Morgan fingerprint density at radius 3 is 2.54 bits per heavy atom. The molecular formula is C18H18F3N3. The van der Waals surface area contributed by atoms with Crippen LogP contribution in [0, 0.1) is 12.7 Å². The molecule has 1 aromatic heterocycles. The van der Waals surface area contributed by atoms with Crippen molar-refractivity contribution in [2.75, 3.05) is 11.9 Å². The van der Waals surface area contributed by atoms with Crippen molar-refractivity contribution in [1.82, 2.24) is 4.98 Å². The summed E-state index contributed by atoms with van der Waals surface area (Å²) >= 11 is 0. The van der Waals surface area contributed by atoms with Gasteiger partial charge >= 0.3 is 0 Å². The Hall–Kier alpha value is -2.37. The molecule has 0 spiro atoms. The predicted octanol–water partition coefficient (Wildman–Crippen LogP) is 4.49. The highest BCUT2D eigenvalue weighted by atomic mass is 19.3. The number of para-hydroxylation sites is 1. The quantitative estimate of drug-likeness (QED) is 0.810. The van der Waals surface area contributed by atoms with Crippen molar-refractivity contribution < 1.29 is 13.2 Å². The monoisotopic (exact) mass is 333 g/mol. The third-order valence-electron chi connectivity index (χ3n) is 4.38. The van der Waals surface area contributed by atoms with Crippen molar-refractivity contribution in [3.05, 3.63) is 58.7 Å². The van der Waals surface area contributed by atoms with E-state index in [9.17, 15) is 13.2 Å². The van der Waals surface area contributed by atoms with Gasteiger partial charge in [-0.2, -0.15) is 0 Å². The minimum absolute atomic E-state index is 0.244. The summed E-state index contributed by atoms with van der Waals surface area (Å²) in [4.78, 5) is 10.4. The van der Waals surface area contributed by atoms with Gasteiger partial charge < -0.3 is 4.90 Å². The molecule has 3 nitrogen and oxygen atoms in total. The average Bonchev–Trinajstić information content (AvgIpc) is 2.50. The maximum atomic E-state index is 14.4. The SMILES string of the molecule is Cc1cc(C2=NC(C)(C)N(C)c3c(F)cccc32)cnc1C(F)F. The van der Waals surface area contributed by atoms with Gasteiger partial charge in [0.1, 0.15) is 17.2 Å². The molecule has 126 valence electrons. The Balaban J connectivity index is 2.21. The average molecular weight is 333 g/mol. The maximum Gasteiger partial charge on any atom is 0.280 e. The standard InChI is InChI=1S/C18H18F3N3/c1-10-8-11(9-22-14(10)17(20)21)15-12-6-5-7-13(19)16(12)24(4)18(2,3)23-15/h5-9,17H,1-4H3. The highest BCUT2D eigenvalue weighted by Gasteiger charge is 2.34. The third-order valence-corrected chi connectivity index (χ3v) is 4.38. The number of pyridine rings is 1. The molecule has 0 saturated carbocycles. The Morgan fingerprint density at radius 2 is 1.92 bits per heavy atom. The van der Waals surface area contributed by atoms with Crippen LogP contribution in [0.15, 0.2) is 35.5 Å². The fraction of sp³-hybridized carbons (Fsp3) is 0.333. The lowest BCUT2D eigenvalue weighted by atomic mass is 9.95. The van der Waals surface area contributed by atoms with Gasteiger partial charge in [0.2, 0.25) is 0 Å². The van der Waals surface area contributed by atoms with Gasteiger partial charge in [0.25, 0.3) is 6.43 Å². The molecule has 0 N–H and O–H groups in total. The summed E-state index contributed by atoms with van der Waals surface area (Å²) < 4.78 is 40.2. The van der Waals surface area contributed by atoms with E-state index in [-0.39, 0.29) is 11.5 Å². The summed E-state index contributed by atoms with van der Waals surface area (Å²) in [6, 6.07) is 6.42. The fourth-order valence-electron chi connectivity index (χ4n) is 2.89. The highest BCUT2D eigenvalue weighted by Crippen LogP contribution is 2.36. The van der Waals surface area contributed by atoms with E-state index in [1.807, 2.05) is 13.8 Å². The van der Waals surface area contributed by atoms with E-state index in [1.54, 1.807) is 37.1 Å². The van der Waals surface area contributed by atoms with Crippen LogP contribution in [-0.2, 0) is 0 Å². The van der Waals surface area contributed by atoms with Crippen molar-refractivity contribution in [3.63, 3.8) is 0 Å². The first kappa shape index (κ1) is 16.5. The molecule has 0 bridgehead atoms. The molecular weight excluding hydrogens is 315 g/mol. The summed E-state index contributed by atoms with van der Waals surface area (Å²) in [5.74, 6) is -0.343. The number of fused-ring (bicyclic) bond motifs is 1. The van der Waals surface area contributed by atoms with Crippen molar-refractivity contribution in [2.45, 2.75) is 32.9 Å². The molecule has 1 aliphatic rings. The Bertz CT molecular complexity index is 828. The zero-order valence-electron chi connectivity index (χ0n) is 13.9. The topological polar surface area (TPSA) is 28.5 Å². The number of rotatable bonds is 2. The molecule has 0 radical (unpaired) electrons. The van der Waals surface area contributed by atoms with Crippen LogP contribution in [0.5, 0.6) is 0 Å². The molecule has 1 aliphatic heterocycles. The van der Waals surface area contributed by atoms with Gasteiger partial charge in [-0.3, -0.25) is 9.98 Å². The number of hydrogen-bond donors (Lipinski definition) is 0. The number of halogens is 3. The van der Waals surface area contributed by atoms with Crippen LogP contribution >= 0.6 is 0 Å². The zero-order valence-corrected chi connectivity index (χ0v) is 13.9. The Morgan fingerprint density at radius 1 is 1.21 bits per heavy atom. The summed E-state index contributed by atoms with van der Waals surface area (Å²) in [5.41, 5.74) is 1.71. The van der Waals surface area contributed by atoms with Gasteiger partial charge in [-0.05, 0) is 38.5 Å². The molecule has 0 saturated heterocycles. The number of aryl methyl sites for hydroxylation is 1. The van der Waals surface area contributed by atoms with Gasteiger partial charge in [0, 0.05) is 24.4 Å². The van der Waals surface area contributed by atoms with Crippen molar-refractivity contribution >= 4 is 11.4 Å². The normalized spacial score (nSPS) is 16.2. The van der Waals surface area contributed by atoms with E-state index in [4.69, 9.17) is 4.99 Å². The largest absolute Gasteiger partial charge is 0.348 e. The van der Waals surface area contributed by atoms with Crippen LogP contribution in [0.3, 0.4) is 0 Å². The van der Waals surface area contributed by atoms with Crippen molar-refractivity contribution in [3.8, 4) is 0 Å². The number of nitrogens with zero attached hydrogens (tertiary/aromatic N) is 3. The first-order valence-corrected chi connectivity index (χ1v) is 7.60. The molecule has 0 unspecified atom stereocenters. The predicted molar refractivity (Wildman–Crippen MR) is 88.5 cm³/mol. The van der Waals surface area contributed by atoms with Gasteiger partial charge in [-0.15, -0.1) is 0 Å². The molecule has 0 atom stereocenters. The van der Waals surface area contributed by atoms with E-state index < -0.39 is 12.1 Å². The Labute approximate surface area is 138 Å². The molecule has 0 amide bonds. The van der Waals surface area contributed by atoms with Crippen LogP contribution in [0.2, 0.25) is 0 Å². The molecule has 2 aromatic rings. The lowest BCUT2D eigenvalue weighted by Gasteiger charge is -2.40. The molecule has 0 fully saturated rings. The number of aliphatic imine (C=N–C) groups is 1. The second kappa shape index (κ2) is 5.61. The van der Waals surface area contributed by atoms with Crippen molar-refractivity contribution in [1.29, 1.82) is 0 Å². The first-order valence-electron chi connectivity index (χ1n) is 7.60. The van der Waals surface area contributed by atoms with Crippen LogP contribution in [0.25, 0.3) is 0 Å². The second-order valence-electron chi connectivity index (χ2n) is 6.38. The first-order chi connectivity index (χ1) is 11.2. The van der Waals surface area contributed by atoms with Gasteiger partial charge in [0.15, 0.2) is 0 Å². The van der Waals surface area contributed by atoms with Gasteiger partial charge in [-0.25, -0.2) is 13.2 Å².